The van der Waals surface area contributed by atoms with Gasteiger partial charge in [-0.15, -0.1) is 0 Å². The van der Waals surface area contributed by atoms with Crippen LogP contribution in [0.25, 0.3) is 6.08 Å². The predicted molar refractivity (Wildman–Crippen MR) is 75.1 cm³/mol. The summed E-state index contributed by atoms with van der Waals surface area (Å²) in [6, 6.07) is 10.4. The van der Waals surface area contributed by atoms with Crippen LogP contribution in [0.3, 0.4) is 0 Å². The van der Waals surface area contributed by atoms with E-state index in [9.17, 15) is 4.79 Å². The molecule has 0 unspecified atom stereocenters. The fourth-order valence-electron chi connectivity index (χ4n) is 2.43. The molecule has 0 aromatic heterocycles. The molecular weight excluding hydrogens is 222 g/mol. The lowest BCUT2D eigenvalue weighted by Crippen LogP contribution is -2.33. The summed E-state index contributed by atoms with van der Waals surface area (Å²) in [6.07, 6.45) is 7.52. The normalized spacial score (nSPS) is 16.8. The Bertz CT molecular complexity index is 416. The highest BCUT2D eigenvalue weighted by Crippen LogP contribution is 2.18. The van der Waals surface area contributed by atoms with Gasteiger partial charge in [-0.05, 0) is 30.9 Å². The standard InChI is InChI=1S/C16H21NO/c1-2-14(12-13-8-4-3-5-9-13)16(18)17-15-10-6-7-11-15/h3-5,8-9,12,15H,2,6-7,10-11H2,1H3,(H,17,18)/b14-12+. The Kier molecular flexibility index (Phi) is 4.57. The summed E-state index contributed by atoms with van der Waals surface area (Å²) in [7, 11) is 0. The largest absolute Gasteiger partial charge is 0.350 e. The number of hydrogen-bond acceptors (Lipinski definition) is 1. The molecule has 2 nitrogen and oxygen atoms in total. The van der Waals surface area contributed by atoms with Crippen molar-refractivity contribution < 1.29 is 4.79 Å². The number of benzene rings is 1. The molecule has 0 saturated heterocycles. The third-order valence-corrected chi connectivity index (χ3v) is 3.50. The Morgan fingerprint density at radius 3 is 2.56 bits per heavy atom. The number of carbonyl (C=O) groups excluding carboxylic acids is 1. The SMILES string of the molecule is CC/C(=C\c1ccccc1)C(=O)NC1CCCC1. The van der Waals surface area contributed by atoms with Gasteiger partial charge in [0.25, 0.3) is 0 Å². The first-order valence-electron chi connectivity index (χ1n) is 6.86. The molecule has 0 heterocycles. The molecule has 1 aromatic carbocycles. The van der Waals surface area contributed by atoms with Gasteiger partial charge in [-0.3, -0.25) is 4.79 Å². The van der Waals surface area contributed by atoms with Crippen molar-refractivity contribution in [1.29, 1.82) is 0 Å². The lowest BCUT2D eigenvalue weighted by Gasteiger charge is -2.13. The van der Waals surface area contributed by atoms with E-state index in [-0.39, 0.29) is 5.91 Å². The van der Waals surface area contributed by atoms with E-state index in [1.807, 2.05) is 43.3 Å². The van der Waals surface area contributed by atoms with Gasteiger partial charge in [-0.1, -0.05) is 50.1 Å². The maximum absolute atomic E-state index is 12.2. The molecule has 96 valence electrons. The maximum atomic E-state index is 12.2. The second-order valence-electron chi connectivity index (χ2n) is 4.89. The first kappa shape index (κ1) is 12.9. The highest BCUT2D eigenvalue weighted by atomic mass is 16.1. The molecule has 1 aliphatic rings. The van der Waals surface area contributed by atoms with Crippen LogP contribution in [0.1, 0.15) is 44.6 Å². The molecular formula is C16H21NO. The summed E-state index contributed by atoms with van der Waals surface area (Å²) in [5, 5.41) is 3.14. The third kappa shape index (κ3) is 3.46. The molecule has 1 saturated carbocycles. The van der Waals surface area contributed by atoms with E-state index in [0.717, 1.165) is 30.4 Å². The Hall–Kier alpha value is -1.57. The first-order chi connectivity index (χ1) is 8.79. The lowest BCUT2D eigenvalue weighted by molar-refractivity contribution is -0.118. The van der Waals surface area contributed by atoms with E-state index in [2.05, 4.69) is 5.32 Å². The molecule has 1 amide bonds. The van der Waals surface area contributed by atoms with Gasteiger partial charge < -0.3 is 5.32 Å². The van der Waals surface area contributed by atoms with Gasteiger partial charge in [0.15, 0.2) is 0 Å². The average Bonchev–Trinajstić information content (AvgIpc) is 2.90. The molecule has 0 atom stereocenters. The van der Waals surface area contributed by atoms with Gasteiger partial charge in [0.05, 0.1) is 0 Å². The summed E-state index contributed by atoms with van der Waals surface area (Å²) < 4.78 is 0. The molecule has 1 aliphatic carbocycles. The second kappa shape index (κ2) is 6.39. The molecule has 1 fully saturated rings. The van der Waals surface area contributed by atoms with Crippen molar-refractivity contribution in [2.45, 2.75) is 45.1 Å². The van der Waals surface area contributed by atoms with Gasteiger partial charge in [0.2, 0.25) is 5.91 Å². The van der Waals surface area contributed by atoms with Gasteiger partial charge in [-0.2, -0.15) is 0 Å². The quantitative estimate of drug-likeness (QED) is 0.805. The minimum Gasteiger partial charge on any atom is -0.350 e. The molecule has 0 radical (unpaired) electrons. The van der Waals surface area contributed by atoms with Gasteiger partial charge in [0, 0.05) is 11.6 Å². The van der Waals surface area contributed by atoms with E-state index in [4.69, 9.17) is 0 Å². The van der Waals surface area contributed by atoms with Crippen molar-refractivity contribution in [2.24, 2.45) is 0 Å². The van der Waals surface area contributed by atoms with Crippen LogP contribution in [0.2, 0.25) is 0 Å². The number of rotatable bonds is 4. The summed E-state index contributed by atoms with van der Waals surface area (Å²) in [4.78, 5) is 12.2. The van der Waals surface area contributed by atoms with Crippen molar-refractivity contribution in [1.82, 2.24) is 5.32 Å². The van der Waals surface area contributed by atoms with Crippen molar-refractivity contribution in [3.05, 3.63) is 41.5 Å². The van der Waals surface area contributed by atoms with Crippen LogP contribution in [-0.2, 0) is 4.79 Å². The summed E-state index contributed by atoms with van der Waals surface area (Å²) in [6.45, 7) is 2.03. The summed E-state index contributed by atoms with van der Waals surface area (Å²) >= 11 is 0. The highest BCUT2D eigenvalue weighted by Gasteiger charge is 2.18. The van der Waals surface area contributed by atoms with Crippen LogP contribution in [0.4, 0.5) is 0 Å². The molecule has 2 heteroatoms. The second-order valence-corrected chi connectivity index (χ2v) is 4.89. The maximum Gasteiger partial charge on any atom is 0.247 e. The zero-order valence-electron chi connectivity index (χ0n) is 11.0. The zero-order valence-corrected chi connectivity index (χ0v) is 11.0. The van der Waals surface area contributed by atoms with Crippen LogP contribution < -0.4 is 5.32 Å². The molecule has 0 bridgehead atoms. The minimum absolute atomic E-state index is 0.105. The number of hydrogen-bond donors (Lipinski definition) is 1. The smallest absolute Gasteiger partial charge is 0.247 e. The molecule has 1 aromatic rings. The van der Waals surface area contributed by atoms with Crippen LogP contribution in [0.5, 0.6) is 0 Å². The van der Waals surface area contributed by atoms with Crippen molar-refractivity contribution >= 4 is 12.0 Å². The van der Waals surface area contributed by atoms with Gasteiger partial charge in [-0.25, -0.2) is 0 Å². The first-order valence-corrected chi connectivity index (χ1v) is 6.86. The van der Waals surface area contributed by atoms with E-state index in [1.54, 1.807) is 0 Å². The average molecular weight is 243 g/mol. The fraction of sp³-hybridized carbons (Fsp3) is 0.438. The molecule has 18 heavy (non-hydrogen) atoms. The monoisotopic (exact) mass is 243 g/mol. The molecule has 0 aliphatic heterocycles. The number of nitrogens with one attached hydrogen (secondary N) is 1. The van der Waals surface area contributed by atoms with Crippen LogP contribution in [0, 0.1) is 0 Å². The molecule has 2 rings (SSSR count). The van der Waals surface area contributed by atoms with Gasteiger partial charge in [0.1, 0.15) is 0 Å². The van der Waals surface area contributed by atoms with Gasteiger partial charge >= 0.3 is 0 Å². The Morgan fingerprint density at radius 1 is 1.28 bits per heavy atom. The fourth-order valence-corrected chi connectivity index (χ4v) is 2.43. The Balaban J connectivity index is 2.03. The van der Waals surface area contributed by atoms with E-state index in [0.29, 0.717) is 6.04 Å². The number of amides is 1. The van der Waals surface area contributed by atoms with Crippen molar-refractivity contribution in [3.8, 4) is 0 Å². The topological polar surface area (TPSA) is 29.1 Å². The summed E-state index contributed by atoms with van der Waals surface area (Å²) in [5.74, 6) is 0.105. The van der Waals surface area contributed by atoms with E-state index >= 15 is 0 Å². The predicted octanol–water partition coefficient (Wildman–Crippen LogP) is 3.54. The van der Waals surface area contributed by atoms with Crippen molar-refractivity contribution in [2.75, 3.05) is 0 Å². The minimum atomic E-state index is 0.105. The molecule has 0 spiro atoms. The Labute approximate surface area is 109 Å². The van der Waals surface area contributed by atoms with Crippen LogP contribution in [-0.4, -0.2) is 11.9 Å². The van der Waals surface area contributed by atoms with Crippen LogP contribution >= 0.6 is 0 Å². The summed E-state index contributed by atoms with van der Waals surface area (Å²) in [5.41, 5.74) is 1.96. The molecule has 1 N–H and O–H groups in total. The number of carbonyl (C=O) groups is 1. The third-order valence-electron chi connectivity index (χ3n) is 3.50. The van der Waals surface area contributed by atoms with E-state index < -0.39 is 0 Å². The highest BCUT2D eigenvalue weighted by molar-refractivity contribution is 5.97. The zero-order chi connectivity index (χ0) is 12.8. The van der Waals surface area contributed by atoms with Crippen LogP contribution in [0.15, 0.2) is 35.9 Å². The van der Waals surface area contributed by atoms with E-state index in [1.165, 1.54) is 12.8 Å². The lowest BCUT2D eigenvalue weighted by atomic mass is 10.1. The Morgan fingerprint density at radius 2 is 1.94 bits per heavy atom. The van der Waals surface area contributed by atoms with Crippen molar-refractivity contribution in [3.63, 3.8) is 0 Å².